The van der Waals surface area contributed by atoms with Crippen molar-refractivity contribution in [2.45, 2.75) is 45.1 Å². The lowest BCUT2D eigenvalue weighted by Crippen LogP contribution is -2.39. The fraction of sp³-hybridized carbons (Fsp3) is 0.381. The molecule has 0 radical (unpaired) electrons. The van der Waals surface area contributed by atoms with Gasteiger partial charge in [-0.15, -0.1) is 0 Å². The first-order valence-corrected chi connectivity index (χ1v) is 8.46. The number of rotatable bonds is 7. The molecular formula is C21H27NO2. The maximum absolute atomic E-state index is 11.4. The largest absolute Gasteiger partial charge is 0.480 e. The van der Waals surface area contributed by atoms with Gasteiger partial charge in [-0.1, -0.05) is 75.4 Å². The summed E-state index contributed by atoms with van der Waals surface area (Å²) in [6.45, 7) is 7.25. The Bertz CT molecular complexity index is 642. The number of aliphatic carboxylic acids is 1. The normalized spacial score (nSPS) is 12.8. The van der Waals surface area contributed by atoms with Gasteiger partial charge in [-0.2, -0.15) is 0 Å². The van der Waals surface area contributed by atoms with Crippen LogP contribution in [0.3, 0.4) is 0 Å². The van der Waals surface area contributed by atoms with Gasteiger partial charge in [0.1, 0.15) is 6.04 Å². The van der Waals surface area contributed by atoms with Gasteiger partial charge in [0.05, 0.1) is 0 Å². The zero-order valence-electron chi connectivity index (χ0n) is 14.8. The van der Waals surface area contributed by atoms with Crippen LogP contribution in [0.25, 0.3) is 0 Å². The third kappa shape index (κ3) is 5.50. The quantitative estimate of drug-likeness (QED) is 0.814. The Kier molecular flexibility index (Phi) is 6.16. The molecular weight excluding hydrogens is 298 g/mol. The second kappa shape index (κ2) is 8.11. The molecule has 2 aromatic carbocycles. The Hall–Kier alpha value is -2.13. The smallest absolute Gasteiger partial charge is 0.321 e. The van der Waals surface area contributed by atoms with Gasteiger partial charge < -0.3 is 10.4 Å². The van der Waals surface area contributed by atoms with E-state index in [0.717, 1.165) is 12.0 Å². The summed E-state index contributed by atoms with van der Waals surface area (Å²) >= 11 is 0. The highest BCUT2D eigenvalue weighted by atomic mass is 16.4. The molecule has 24 heavy (non-hydrogen) atoms. The van der Waals surface area contributed by atoms with Crippen molar-refractivity contribution >= 4 is 5.97 Å². The summed E-state index contributed by atoms with van der Waals surface area (Å²) in [7, 11) is 0. The molecule has 0 saturated heterocycles. The van der Waals surface area contributed by atoms with Crippen LogP contribution in [0.5, 0.6) is 0 Å². The lowest BCUT2D eigenvalue weighted by Gasteiger charge is -2.19. The molecule has 0 amide bonds. The number of carboxylic acids is 1. The Morgan fingerprint density at radius 1 is 1.00 bits per heavy atom. The molecule has 0 aliphatic rings. The molecule has 2 aromatic rings. The van der Waals surface area contributed by atoms with Gasteiger partial charge in [0, 0.05) is 0 Å². The summed E-state index contributed by atoms with van der Waals surface area (Å²) in [6.07, 6.45) is 1.32. The highest BCUT2D eigenvalue weighted by Gasteiger charge is 2.17. The maximum Gasteiger partial charge on any atom is 0.321 e. The first kappa shape index (κ1) is 18.2. The van der Waals surface area contributed by atoms with Gasteiger partial charge in [0.15, 0.2) is 0 Å². The van der Waals surface area contributed by atoms with Crippen LogP contribution in [-0.4, -0.2) is 23.7 Å². The van der Waals surface area contributed by atoms with Crippen LogP contribution in [0.2, 0.25) is 0 Å². The summed E-state index contributed by atoms with van der Waals surface area (Å²) in [5.74, 6) is -0.804. The summed E-state index contributed by atoms with van der Waals surface area (Å²) < 4.78 is 0. The number of hydrogen-bond donors (Lipinski definition) is 2. The van der Waals surface area contributed by atoms with Crippen LogP contribution < -0.4 is 5.32 Å². The highest BCUT2D eigenvalue weighted by molar-refractivity contribution is 5.73. The predicted molar refractivity (Wildman–Crippen MR) is 98.4 cm³/mol. The van der Waals surface area contributed by atoms with Crippen LogP contribution in [0.4, 0.5) is 0 Å². The predicted octanol–water partition coefficient (Wildman–Crippen LogP) is 3.81. The molecule has 1 atom stereocenters. The topological polar surface area (TPSA) is 49.3 Å². The number of carboxylic acid groups (broad SMARTS) is 1. The summed E-state index contributed by atoms with van der Waals surface area (Å²) in [5.41, 5.74) is 3.72. The van der Waals surface area contributed by atoms with Crippen LogP contribution in [0, 0.1) is 0 Å². The lowest BCUT2D eigenvalue weighted by atomic mass is 9.86. The molecule has 0 saturated carbocycles. The van der Waals surface area contributed by atoms with E-state index in [9.17, 15) is 9.90 Å². The average molecular weight is 325 g/mol. The van der Waals surface area contributed by atoms with Crippen molar-refractivity contribution in [2.75, 3.05) is 6.54 Å². The molecule has 0 heterocycles. The van der Waals surface area contributed by atoms with E-state index in [1.807, 2.05) is 30.3 Å². The van der Waals surface area contributed by atoms with Gasteiger partial charge in [0.25, 0.3) is 0 Å². The maximum atomic E-state index is 11.4. The monoisotopic (exact) mass is 325 g/mol. The van der Waals surface area contributed by atoms with Crippen molar-refractivity contribution in [3.05, 3.63) is 71.3 Å². The molecule has 3 heteroatoms. The number of benzene rings is 2. The summed E-state index contributed by atoms with van der Waals surface area (Å²) in [5, 5.41) is 12.6. The SMILES string of the molecule is CC(C)(C)c1ccc(CCN[C@H](Cc2ccccc2)C(=O)O)cc1. The Morgan fingerprint density at radius 3 is 2.17 bits per heavy atom. The van der Waals surface area contributed by atoms with Crippen LogP contribution >= 0.6 is 0 Å². The van der Waals surface area contributed by atoms with Crippen LogP contribution in [0.15, 0.2) is 54.6 Å². The lowest BCUT2D eigenvalue weighted by molar-refractivity contribution is -0.139. The first-order valence-electron chi connectivity index (χ1n) is 8.46. The zero-order chi connectivity index (χ0) is 17.6. The van der Waals surface area contributed by atoms with Gasteiger partial charge in [-0.3, -0.25) is 4.79 Å². The summed E-state index contributed by atoms with van der Waals surface area (Å²) in [4.78, 5) is 11.4. The van der Waals surface area contributed by atoms with E-state index in [-0.39, 0.29) is 5.41 Å². The van der Waals surface area contributed by atoms with E-state index in [1.54, 1.807) is 0 Å². The minimum Gasteiger partial charge on any atom is -0.480 e. The fourth-order valence-electron chi connectivity index (χ4n) is 2.66. The van der Waals surface area contributed by atoms with Crippen molar-refractivity contribution in [2.24, 2.45) is 0 Å². The highest BCUT2D eigenvalue weighted by Crippen LogP contribution is 2.22. The van der Waals surface area contributed by atoms with E-state index >= 15 is 0 Å². The molecule has 0 fully saturated rings. The molecule has 2 rings (SSSR count). The Morgan fingerprint density at radius 2 is 1.62 bits per heavy atom. The van der Waals surface area contributed by atoms with E-state index in [4.69, 9.17) is 0 Å². The van der Waals surface area contributed by atoms with Crippen LogP contribution in [0.1, 0.15) is 37.5 Å². The summed E-state index contributed by atoms with van der Waals surface area (Å²) in [6, 6.07) is 17.8. The van der Waals surface area contributed by atoms with Crippen LogP contribution in [-0.2, 0) is 23.1 Å². The van der Waals surface area contributed by atoms with Gasteiger partial charge >= 0.3 is 5.97 Å². The molecule has 2 N–H and O–H groups in total. The second-order valence-electron chi connectivity index (χ2n) is 7.23. The molecule has 128 valence electrons. The molecule has 0 aliphatic carbocycles. The second-order valence-corrected chi connectivity index (χ2v) is 7.23. The molecule has 0 aromatic heterocycles. The number of carbonyl (C=O) groups is 1. The van der Waals surface area contributed by atoms with Crippen molar-refractivity contribution < 1.29 is 9.90 Å². The van der Waals surface area contributed by atoms with E-state index in [0.29, 0.717) is 13.0 Å². The number of nitrogens with one attached hydrogen (secondary N) is 1. The minimum absolute atomic E-state index is 0.154. The van der Waals surface area contributed by atoms with Gasteiger partial charge in [-0.05, 0) is 41.5 Å². The van der Waals surface area contributed by atoms with E-state index in [1.165, 1.54) is 11.1 Å². The van der Waals surface area contributed by atoms with Crippen molar-refractivity contribution in [1.82, 2.24) is 5.32 Å². The Balaban J connectivity index is 1.87. The first-order chi connectivity index (χ1) is 11.4. The molecule has 0 spiro atoms. The van der Waals surface area contributed by atoms with E-state index in [2.05, 4.69) is 50.4 Å². The van der Waals surface area contributed by atoms with Crippen molar-refractivity contribution in [3.63, 3.8) is 0 Å². The number of hydrogen-bond acceptors (Lipinski definition) is 2. The van der Waals surface area contributed by atoms with Crippen molar-refractivity contribution in [3.8, 4) is 0 Å². The molecule has 0 bridgehead atoms. The average Bonchev–Trinajstić information content (AvgIpc) is 2.54. The Labute approximate surface area is 144 Å². The van der Waals surface area contributed by atoms with Gasteiger partial charge in [0.2, 0.25) is 0 Å². The zero-order valence-corrected chi connectivity index (χ0v) is 14.8. The molecule has 0 unspecified atom stereocenters. The third-order valence-electron chi connectivity index (χ3n) is 4.21. The van der Waals surface area contributed by atoms with E-state index < -0.39 is 12.0 Å². The van der Waals surface area contributed by atoms with Crippen molar-refractivity contribution in [1.29, 1.82) is 0 Å². The third-order valence-corrected chi connectivity index (χ3v) is 4.21. The minimum atomic E-state index is -0.804. The molecule has 3 nitrogen and oxygen atoms in total. The molecule has 0 aliphatic heterocycles. The standard InChI is InChI=1S/C21H27NO2/c1-21(2,3)18-11-9-16(10-12-18)13-14-22-19(20(23)24)15-17-7-5-4-6-8-17/h4-12,19,22H,13-15H2,1-3H3,(H,23,24)/t19-/m1/s1. The fourth-order valence-corrected chi connectivity index (χ4v) is 2.66. The van der Waals surface area contributed by atoms with Gasteiger partial charge in [-0.25, -0.2) is 0 Å².